The molecule has 2 rings (SSSR count). The normalized spacial score (nSPS) is 18.4. The van der Waals surface area contributed by atoms with Gasteiger partial charge in [-0.25, -0.2) is 13.1 Å². The van der Waals surface area contributed by atoms with Gasteiger partial charge in [0.2, 0.25) is 0 Å². The lowest BCUT2D eigenvalue weighted by Crippen LogP contribution is -2.55. The number of nitriles is 1. The molecule has 92 valence electrons. The van der Waals surface area contributed by atoms with E-state index in [0.717, 1.165) is 17.8 Å². The maximum Gasteiger partial charge on any atom is 0.250 e. The van der Waals surface area contributed by atoms with Gasteiger partial charge in [-0.2, -0.15) is 5.26 Å². The number of thiophene rings is 1. The molecule has 0 atom stereocenters. The Morgan fingerprint density at radius 2 is 2.24 bits per heavy atom. The predicted molar refractivity (Wildman–Crippen MR) is 63.0 cm³/mol. The fourth-order valence-electron chi connectivity index (χ4n) is 1.76. The highest BCUT2D eigenvalue weighted by Crippen LogP contribution is 2.33. The van der Waals surface area contributed by atoms with Crippen LogP contribution in [0.1, 0.15) is 24.1 Å². The molecule has 5 nitrogen and oxygen atoms in total. The molecule has 0 spiro atoms. The summed E-state index contributed by atoms with van der Waals surface area (Å²) in [4.78, 5) is 0.358. The highest BCUT2D eigenvalue weighted by molar-refractivity contribution is 7.91. The first-order chi connectivity index (χ1) is 8.01. The summed E-state index contributed by atoms with van der Waals surface area (Å²) in [5, 5.41) is 17.9. The van der Waals surface area contributed by atoms with Crippen molar-refractivity contribution in [2.45, 2.75) is 29.0 Å². The maximum atomic E-state index is 12.0. The van der Waals surface area contributed by atoms with Crippen molar-refractivity contribution < 1.29 is 13.5 Å². The summed E-state index contributed by atoms with van der Waals surface area (Å²) in [6.07, 6.45) is 2.22. The number of nitrogens with zero attached hydrogens (tertiary/aromatic N) is 1. The van der Waals surface area contributed by atoms with Crippen LogP contribution in [0.25, 0.3) is 0 Å². The largest absolute Gasteiger partial charge is 0.394 e. The van der Waals surface area contributed by atoms with Gasteiger partial charge >= 0.3 is 0 Å². The van der Waals surface area contributed by atoms with Crippen molar-refractivity contribution in [3.8, 4) is 6.07 Å². The average molecular weight is 272 g/mol. The fraction of sp³-hybridized carbons (Fsp3) is 0.500. The minimum absolute atomic E-state index is 0.119. The van der Waals surface area contributed by atoms with Crippen LogP contribution >= 0.6 is 11.3 Å². The fourth-order valence-corrected chi connectivity index (χ4v) is 4.31. The molecule has 1 aliphatic carbocycles. The Kier molecular flexibility index (Phi) is 3.23. The minimum Gasteiger partial charge on any atom is -0.394 e. The van der Waals surface area contributed by atoms with Gasteiger partial charge < -0.3 is 5.11 Å². The van der Waals surface area contributed by atoms with Crippen LogP contribution in [0.3, 0.4) is 0 Å². The number of hydrogen-bond donors (Lipinski definition) is 2. The SMILES string of the molecule is N#Cc1ccc(S(=O)(=O)NC2(CO)CCC2)s1. The summed E-state index contributed by atoms with van der Waals surface area (Å²) in [6, 6.07) is 4.79. The van der Waals surface area contributed by atoms with E-state index >= 15 is 0 Å². The van der Waals surface area contributed by atoms with Gasteiger partial charge in [0.25, 0.3) is 10.0 Å². The van der Waals surface area contributed by atoms with Crippen LogP contribution in [0, 0.1) is 11.3 Å². The summed E-state index contributed by atoms with van der Waals surface area (Å²) < 4.78 is 26.7. The first-order valence-corrected chi connectivity index (χ1v) is 7.46. The summed E-state index contributed by atoms with van der Waals surface area (Å²) in [6.45, 7) is -0.192. The molecule has 0 unspecified atom stereocenters. The first-order valence-electron chi connectivity index (χ1n) is 5.16. The van der Waals surface area contributed by atoms with Crippen molar-refractivity contribution in [2.24, 2.45) is 0 Å². The Bertz CT molecular complexity index is 547. The summed E-state index contributed by atoms with van der Waals surface area (Å²) in [5.41, 5.74) is -0.699. The standard InChI is InChI=1S/C10H12N2O3S2/c11-6-8-2-3-9(16-8)17(14,15)12-10(7-13)4-1-5-10/h2-3,12-13H,1,4-5,7H2. The molecule has 0 radical (unpaired) electrons. The van der Waals surface area contributed by atoms with E-state index in [4.69, 9.17) is 5.26 Å². The zero-order valence-corrected chi connectivity index (χ0v) is 10.6. The molecule has 0 aliphatic heterocycles. The van der Waals surface area contributed by atoms with Crippen LogP contribution in [0.2, 0.25) is 0 Å². The second-order valence-corrected chi connectivity index (χ2v) is 7.12. The molecule has 0 bridgehead atoms. The molecule has 1 saturated carbocycles. The van der Waals surface area contributed by atoms with Crippen LogP contribution in [-0.4, -0.2) is 25.7 Å². The minimum atomic E-state index is -3.62. The summed E-state index contributed by atoms with van der Waals surface area (Å²) in [7, 11) is -3.62. The van der Waals surface area contributed by atoms with Crippen molar-refractivity contribution in [3.63, 3.8) is 0 Å². The smallest absolute Gasteiger partial charge is 0.250 e. The van der Waals surface area contributed by atoms with Crippen LogP contribution in [-0.2, 0) is 10.0 Å². The van der Waals surface area contributed by atoms with E-state index < -0.39 is 15.6 Å². The number of sulfonamides is 1. The molecule has 1 aliphatic rings. The van der Waals surface area contributed by atoms with E-state index in [9.17, 15) is 13.5 Å². The third kappa shape index (κ3) is 2.35. The van der Waals surface area contributed by atoms with Gasteiger partial charge in [-0.1, -0.05) is 0 Å². The molecule has 7 heteroatoms. The maximum absolute atomic E-state index is 12.0. The zero-order valence-electron chi connectivity index (χ0n) is 9.01. The van der Waals surface area contributed by atoms with E-state index in [1.807, 2.05) is 6.07 Å². The van der Waals surface area contributed by atoms with Gasteiger partial charge in [0, 0.05) is 0 Å². The molecular formula is C10H12N2O3S2. The van der Waals surface area contributed by atoms with E-state index in [-0.39, 0.29) is 10.8 Å². The number of aliphatic hydroxyl groups is 1. The Hall–Kier alpha value is -0.940. The third-order valence-corrected chi connectivity index (χ3v) is 5.98. The molecule has 1 aromatic heterocycles. The predicted octanol–water partition coefficient (Wildman–Crippen LogP) is 0.813. The van der Waals surface area contributed by atoms with Crippen LogP contribution < -0.4 is 4.72 Å². The van der Waals surface area contributed by atoms with Crippen molar-refractivity contribution >= 4 is 21.4 Å². The Morgan fingerprint density at radius 3 is 2.65 bits per heavy atom. The summed E-state index contributed by atoms with van der Waals surface area (Å²) >= 11 is 0.932. The third-order valence-electron chi connectivity index (χ3n) is 2.92. The van der Waals surface area contributed by atoms with E-state index in [2.05, 4.69) is 4.72 Å². The topological polar surface area (TPSA) is 90.2 Å². The molecule has 2 N–H and O–H groups in total. The van der Waals surface area contributed by atoms with Gasteiger partial charge in [0.1, 0.15) is 15.2 Å². The van der Waals surface area contributed by atoms with Crippen LogP contribution in [0.5, 0.6) is 0 Å². The van der Waals surface area contributed by atoms with E-state index in [0.29, 0.717) is 17.7 Å². The van der Waals surface area contributed by atoms with Gasteiger partial charge in [-0.05, 0) is 31.4 Å². The van der Waals surface area contributed by atoms with E-state index in [1.165, 1.54) is 12.1 Å². The monoisotopic (exact) mass is 272 g/mol. The molecule has 17 heavy (non-hydrogen) atoms. The molecule has 1 fully saturated rings. The van der Waals surface area contributed by atoms with Gasteiger partial charge in [-0.3, -0.25) is 0 Å². The lowest BCUT2D eigenvalue weighted by atomic mass is 9.78. The average Bonchev–Trinajstić information content (AvgIpc) is 2.72. The van der Waals surface area contributed by atoms with Gasteiger partial charge in [-0.15, -0.1) is 11.3 Å². The van der Waals surface area contributed by atoms with E-state index in [1.54, 1.807) is 0 Å². The molecule has 1 aromatic rings. The quantitative estimate of drug-likeness (QED) is 0.848. The molecule has 1 heterocycles. The highest BCUT2D eigenvalue weighted by atomic mass is 32.2. The first kappa shape index (κ1) is 12.5. The molecule has 0 saturated heterocycles. The van der Waals surface area contributed by atoms with Crippen molar-refractivity contribution in [3.05, 3.63) is 17.0 Å². The van der Waals surface area contributed by atoms with Crippen molar-refractivity contribution in [1.29, 1.82) is 5.26 Å². The summed E-state index contributed by atoms with van der Waals surface area (Å²) in [5.74, 6) is 0. The zero-order chi connectivity index (χ0) is 12.5. The van der Waals surface area contributed by atoms with Crippen molar-refractivity contribution in [1.82, 2.24) is 4.72 Å². The van der Waals surface area contributed by atoms with Gasteiger partial charge in [0.15, 0.2) is 0 Å². The van der Waals surface area contributed by atoms with Crippen LogP contribution in [0.4, 0.5) is 0 Å². The molecule has 0 amide bonds. The van der Waals surface area contributed by atoms with Crippen LogP contribution in [0.15, 0.2) is 16.3 Å². The lowest BCUT2D eigenvalue weighted by molar-refractivity contribution is 0.111. The Morgan fingerprint density at radius 1 is 1.53 bits per heavy atom. The second-order valence-electron chi connectivity index (χ2n) is 4.13. The molecule has 0 aromatic carbocycles. The Labute approximate surface area is 104 Å². The van der Waals surface area contributed by atoms with Gasteiger partial charge in [0.05, 0.1) is 12.1 Å². The number of rotatable bonds is 4. The lowest BCUT2D eigenvalue weighted by Gasteiger charge is -2.40. The number of aliphatic hydroxyl groups excluding tert-OH is 1. The Balaban J connectivity index is 2.22. The molecular weight excluding hydrogens is 260 g/mol. The number of nitrogens with one attached hydrogen (secondary N) is 1. The highest BCUT2D eigenvalue weighted by Gasteiger charge is 2.40. The second kappa shape index (κ2) is 4.38. The van der Waals surface area contributed by atoms with Crippen molar-refractivity contribution in [2.75, 3.05) is 6.61 Å². The number of hydrogen-bond acceptors (Lipinski definition) is 5.